The van der Waals surface area contributed by atoms with E-state index in [9.17, 15) is 0 Å². The van der Waals surface area contributed by atoms with Gasteiger partial charge in [0.2, 0.25) is 0 Å². The molecule has 0 aromatic carbocycles. The minimum Gasteiger partial charge on any atom is -0.382 e. The van der Waals surface area contributed by atoms with Crippen molar-refractivity contribution < 1.29 is 9.47 Å². The zero-order valence-corrected chi connectivity index (χ0v) is 15.9. The van der Waals surface area contributed by atoms with Crippen LogP contribution in [0.2, 0.25) is 6.04 Å². The van der Waals surface area contributed by atoms with Crippen LogP contribution in [0.3, 0.4) is 0 Å². The second kappa shape index (κ2) is 14.9. The zero-order chi connectivity index (χ0) is 15.1. The quantitative estimate of drug-likeness (QED) is 0.207. The van der Waals surface area contributed by atoms with Crippen molar-refractivity contribution in [1.29, 1.82) is 0 Å². The van der Waals surface area contributed by atoms with Gasteiger partial charge in [-0.25, -0.2) is 0 Å². The van der Waals surface area contributed by atoms with E-state index in [1.807, 2.05) is 0 Å². The summed E-state index contributed by atoms with van der Waals surface area (Å²) in [6.45, 7) is 2.28. The summed E-state index contributed by atoms with van der Waals surface area (Å²) >= 11 is 17.5. The van der Waals surface area contributed by atoms with E-state index in [1.54, 1.807) is 7.11 Å². The Balaban J connectivity index is 2.99. The Morgan fingerprint density at radius 1 is 0.650 bits per heavy atom. The van der Waals surface area contributed by atoms with Crippen molar-refractivity contribution in [3.63, 3.8) is 0 Å². The first kappa shape index (κ1) is 21.0. The molecule has 0 amide bonds. The maximum Gasteiger partial charge on any atom is 0.341 e. The molecular weight excluding hydrogens is 335 g/mol. The average molecular weight is 364 g/mol. The van der Waals surface area contributed by atoms with Crippen LogP contribution in [0, 0.1) is 0 Å². The average Bonchev–Trinajstić information content (AvgIpc) is 2.38. The van der Waals surface area contributed by atoms with Crippen LogP contribution in [0.15, 0.2) is 0 Å². The van der Waals surface area contributed by atoms with Gasteiger partial charge in [-0.1, -0.05) is 51.4 Å². The molecule has 0 aromatic heterocycles. The van der Waals surface area contributed by atoms with E-state index in [4.69, 9.17) is 42.7 Å². The molecule has 0 aliphatic heterocycles. The van der Waals surface area contributed by atoms with Crippen LogP contribution in [0.1, 0.15) is 57.8 Å². The standard InChI is InChI=1S/C14H29Cl3O2Si/c1-18-12-13-19-11-9-7-5-3-2-4-6-8-10-14-20(15,16)17/h2-14H2,1H3. The number of ether oxygens (including phenoxy) is 2. The van der Waals surface area contributed by atoms with Gasteiger partial charge in [-0.3, -0.25) is 0 Å². The van der Waals surface area contributed by atoms with Gasteiger partial charge in [-0.05, 0) is 12.5 Å². The Morgan fingerprint density at radius 3 is 1.65 bits per heavy atom. The highest BCUT2D eigenvalue weighted by Gasteiger charge is 2.23. The van der Waals surface area contributed by atoms with Crippen molar-refractivity contribution in [2.45, 2.75) is 63.8 Å². The first-order valence-electron chi connectivity index (χ1n) is 7.69. The number of methoxy groups -OCH3 is 1. The molecule has 20 heavy (non-hydrogen) atoms. The van der Waals surface area contributed by atoms with Crippen LogP contribution in [0.5, 0.6) is 0 Å². The molecule has 0 spiro atoms. The third-order valence-electron chi connectivity index (χ3n) is 3.18. The number of rotatable bonds is 15. The second-order valence-corrected chi connectivity index (χ2v) is 14.4. The fraction of sp³-hybridized carbons (Fsp3) is 1.00. The largest absolute Gasteiger partial charge is 0.382 e. The third-order valence-corrected chi connectivity index (χ3v) is 5.80. The van der Waals surface area contributed by atoms with Gasteiger partial charge in [-0.15, -0.1) is 33.2 Å². The topological polar surface area (TPSA) is 18.5 Å². The molecule has 2 nitrogen and oxygen atoms in total. The Kier molecular flexibility index (Phi) is 15.7. The highest BCUT2D eigenvalue weighted by atomic mass is 35.8. The van der Waals surface area contributed by atoms with Crippen molar-refractivity contribution in [3.05, 3.63) is 0 Å². The van der Waals surface area contributed by atoms with Crippen LogP contribution in [0.4, 0.5) is 0 Å². The van der Waals surface area contributed by atoms with Gasteiger partial charge in [-0.2, -0.15) is 0 Å². The number of unbranched alkanes of at least 4 members (excludes halogenated alkanes) is 8. The molecule has 0 aromatic rings. The Hall–Kier alpha value is 1.01. The first-order valence-corrected chi connectivity index (χ1v) is 12.9. The summed E-state index contributed by atoms with van der Waals surface area (Å²) in [7, 11) is 1.70. The van der Waals surface area contributed by atoms with Gasteiger partial charge in [0.1, 0.15) is 0 Å². The molecule has 0 aliphatic carbocycles. The lowest BCUT2D eigenvalue weighted by Crippen LogP contribution is -2.07. The summed E-state index contributed by atoms with van der Waals surface area (Å²) in [5, 5.41) is 0. The van der Waals surface area contributed by atoms with Crippen molar-refractivity contribution in [1.82, 2.24) is 0 Å². The monoisotopic (exact) mass is 362 g/mol. The van der Waals surface area contributed by atoms with E-state index in [0.717, 1.165) is 25.5 Å². The van der Waals surface area contributed by atoms with E-state index in [2.05, 4.69) is 0 Å². The zero-order valence-electron chi connectivity index (χ0n) is 12.6. The van der Waals surface area contributed by atoms with E-state index < -0.39 is 6.00 Å². The molecule has 0 fully saturated rings. The van der Waals surface area contributed by atoms with E-state index in [0.29, 0.717) is 13.2 Å². The molecular formula is C14H29Cl3O2Si. The fourth-order valence-electron chi connectivity index (χ4n) is 2.01. The molecule has 0 aliphatic rings. The van der Waals surface area contributed by atoms with Crippen LogP contribution in [-0.4, -0.2) is 32.9 Å². The van der Waals surface area contributed by atoms with Crippen LogP contribution < -0.4 is 0 Å². The van der Waals surface area contributed by atoms with Crippen molar-refractivity contribution in [3.8, 4) is 0 Å². The van der Waals surface area contributed by atoms with Gasteiger partial charge < -0.3 is 9.47 Å². The fourth-order valence-corrected chi connectivity index (χ4v) is 3.86. The second-order valence-electron chi connectivity index (χ2n) is 5.15. The normalized spacial score (nSPS) is 12.0. The lowest BCUT2D eigenvalue weighted by molar-refractivity contribution is 0.0685. The number of hydrogen-bond donors (Lipinski definition) is 0. The van der Waals surface area contributed by atoms with Crippen LogP contribution >= 0.6 is 33.2 Å². The Labute approximate surface area is 139 Å². The van der Waals surface area contributed by atoms with E-state index >= 15 is 0 Å². The van der Waals surface area contributed by atoms with Crippen molar-refractivity contribution in [2.24, 2.45) is 0 Å². The summed E-state index contributed by atoms with van der Waals surface area (Å²) in [5.41, 5.74) is 0. The minimum absolute atomic E-state index is 0.695. The van der Waals surface area contributed by atoms with Gasteiger partial charge in [0.25, 0.3) is 0 Å². The number of hydrogen-bond acceptors (Lipinski definition) is 2. The molecule has 0 saturated heterocycles. The molecule has 0 saturated carbocycles. The van der Waals surface area contributed by atoms with Gasteiger partial charge in [0.05, 0.1) is 13.2 Å². The van der Waals surface area contributed by atoms with Crippen molar-refractivity contribution in [2.75, 3.05) is 26.9 Å². The predicted molar refractivity (Wildman–Crippen MR) is 92.4 cm³/mol. The molecule has 0 heterocycles. The first-order chi connectivity index (χ1) is 9.56. The van der Waals surface area contributed by atoms with Gasteiger partial charge >= 0.3 is 6.00 Å². The number of halogens is 3. The maximum absolute atomic E-state index is 5.84. The minimum atomic E-state index is -2.36. The molecule has 0 atom stereocenters. The Bertz CT molecular complexity index is 201. The molecule has 6 heteroatoms. The molecule has 0 rings (SSSR count). The highest BCUT2D eigenvalue weighted by Crippen LogP contribution is 2.27. The van der Waals surface area contributed by atoms with Crippen LogP contribution in [-0.2, 0) is 9.47 Å². The lowest BCUT2D eigenvalue weighted by Gasteiger charge is -2.07. The van der Waals surface area contributed by atoms with E-state index in [1.165, 1.54) is 44.9 Å². The van der Waals surface area contributed by atoms with Crippen molar-refractivity contribution >= 4 is 39.2 Å². The summed E-state index contributed by atoms with van der Waals surface area (Å²) in [4.78, 5) is 0. The van der Waals surface area contributed by atoms with Gasteiger partial charge in [0.15, 0.2) is 0 Å². The molecule has 122 valence electrons. The highest BCUT2D eigenvalue weighted by molar-refractivity contribution is 7.64. The predicted octanol–water partition coefficient (Wildman–Crippen LogP) is 5.82. The summed E-state index contributed by atoms with van der Waals surface area (Å²) < 4.78 is 10.3. The lowest BCUT2D eigenvalue weighted by atomic mass is 10.1. The molecule has 0 unspecified atom stereocenters. The van der Waals surface area contributed by atoms with Gasteiger partial charge in [0, 0.05) is 13.7 Å². The van der Waals surface area contributed by atoms with Crippen LogP contribution in [0.25, 0.3) is 0 Å². The SMILES string of the molecule is COCCOCCCCCCCCCCC[Si](Cl)(Cl)Cl. The third kappa shape index (κ3) is 19.0. The Morgan fingerprint density at radius 2 is 1.15 bits per heavy atom. The summed E-state index contributed by atoms with van der Waals surface area (Å²) in [6, 6.07) is -1.56. The molecule has 0 N–H and O–H groups in total. The summed E-state index contributed by atoms with van der Waals surface area (Å²) in [6.07, 6.45) is 11.3. The smallest absolute Gasteiger partial charge is 0.341 e. The molecule has 0 bridgehead atoms. The van der Waals surface area contributed by atoms with E-state index in [-0.39, 0.29) is 0 Å². The summed E-state index contributed by atoms with van der Waals surface area (Å²) in [5.74, 6) is 0. The molecule has 0 radical (unpaired) electrons. The maximum atomic E-state index is 5.84.